The van der Waals surface area contributed by atoms with Crippen molar-refractivity contribution < 1.29 is 22.8 Å². The Balaban J connectivity index is 1.49. The van der Waals surface area contributed by atoms with E-state index in [9.17, 15) is 22.8 Å². The Morgan fingerprint density at radius 1 is 1.16 bits per heavy atom. The average Bonchev–Trinajstić information content (AvgIpc) is 3.08. The van der Waals surface area contributed by atoms with Crippen molar-refractivity contribution in [1.82, 2.24) is 20.9 Å². The van der Waals surface area contributed by atoms with Crippen LogP contribution in [0.5, 0.6) is 0 Å². The lowest BCUT2D eigenvalue weighted by atomic mass is 9.87. The summed E-state index contributed by atoms with van der Waals surface area (Å²) >= 11 is 6.07. The fourth-order valence-corrected chi connectivity index (χ4v) is 5.60. The first-order valence-electron chi connectivity index (χ1n) is 12.6. The molecule has 0 spiro atoms. The first-order chi connectivity index (χ1) is 18.1. The van der Waals surface area contributed by atoms with E-state index in [-0.39, 0.29) is 35.0 Å². The van der Waals surface area contributed by atoms with Crippen LogP contribution in [0.4, 0.5) is 5.82 Å². The standard InChI is InChI=1S/C26H32ClN5O5S/c1-38(36,37)20-8-9-23(29-15-20)32-12-10-17(14-24(33)30-21-7-2-3-11-28-26(21)35)22(16-32)31-25(34)18-5-4-6-19(27)13-18/h4-6,8-9,13,15,17,21-22H,2-3,7,10-12,14,16H2,1H3,(H,28,35)(H,30,33)(H,31,34). The molecule has 12 heteroatoms. The molecule has 0 bridgehead atoms. The van der Waals surface area contributed by atoms with E-state index in [4.69, 9.17) is 11.6 Å². The van der Waals surface area contributed by atoms with Crippen molar-refractivity contribution in [1.29, 1.82) is 0 Å². The highest BCUT2D eigenvalue weighted by molar-refractivity contribution is 7.90. The van der Waals surface area contributed by atoms with Crippen LogP contribution >= 0.6 is 11.6 Å². The van der Waals surface area contributed by atoms with Gasteiger partial charge in [0.1, 0.15) is 11.9 Å². The molecule has 3 heterocycles. The normalized spacial score (nSPS) is 22.2. The highest BCUT2D eigenvalue weighted by atomic mass is 35.5. The number of nitrogens with zero attached hydrogens (tertiary/aromatic N) is 2. The van der Waals surface area contributed by atoms with E-state index in [0.29, 0.717) is 48.9 Å². The van der Waals surface area contributed by atoms with E-state index in [0.717, 1.165) is 19.1 Å². The summed E-state index contributed by atoms with van der Waals surface area (Å²) in [7, 11) is -3.37. The van der Waals surface area contributed by atoms with Gasteiger partial charge < -0.3 is 20.9 Å². The second kappa shape index (κ2) is 12.1. The Hall–Kier alpha value is -3.18. The smallest absolute Gasteiger partial charge is 0.251 e. The molecule has 3 unspecified atom stereocenters. The molecular formula is C26H32ClN5O5S. The molecule has 2 saturated heterocycles. The van der Waals surface area contributed by atoms with Gasteiger partial charge in [0, 0.05) is 49.1 Å². The van der Waals surface area contributed by atoms with Gasteiger partial charge in [-0.2, -0.15) is 0 Å². The summed E-state index contributed by atoms with van der Waals surface area (Å²) < 4.78 is 23.6. The number of anilines is 1. The zero-order chi connectivity index (χ0) is 27.3. The lowest BCUT2D eigenvalue weighted by Gasteiger charge is -2.39. The van der Waals surface area contributed by atoms with E-state index in [1.807, 2.05) is 4.90 Å². The third-order valence-electron chi connectivity index (χ3n) is 6.95. The molecule has 3 N–H and O–H groups in total. The molecule has 10 nitrogen and oxygen atoms in total. The molecule has 1 aromatic carbocycles. The zero-order valence-corrected chi connectivity index (χ0v) is 22.7. The van der Waals surface area contributed by atoms with Gasteiger partial charge in [0.2, 0.25) is 11.8 Å². The van der Waals surface area contributed by atoms with Crippen LogP contribution in [-0.2, 0) is 19.4 Å². The molecule has 3 amide bonds. The minimum Gasteiger partial charge on any atom is -0.355 e. The predicted molar refractivity (Wildman–Crippen MR) is 144 cm³/mol. The Bertz CT molecular complexity index is 1290. The van der Waals surface area contributed by atoms with E-state index in [1.165, 1.54) is 12.3 Å². The summed E-state index contributed by atoms with van der Waals surface area (Å²) in [5.41, 5.74) is 0.406. The highest BCUT2D eigenvalue weighted by Gasteiger charge is 2.34. The first-order valence-corrected chi connectivity index (χ1v) is 14.9. The molecular weight excluding hydrogens is 530 g/mol. The van der Waals surface area contributed by atoms with Crippen LogP contribution in [0.25, 0.3) is 0 Å². The van der Waals surface area contributed by atoms with Gasteiger partial charge >= 0.3 is 0 Å². The molecule has 0 radical (unpaired) electrons. The maximum atomic E-state index is 13.1. The van der Waals surface area contributed by atoms with Gasteiger partial charge in [0.25, 0.3) is 5.91 Å². The van der Waals surface area contributed by atoms with Crippen molar-refractivity contribution in [3.8, 4) is 0 Å². The molecule has 2 aliphatic rings. The topological polar surface area (TPSA) is 138 Å². The van der Waals surface area contributed by atoms with Gasteiger partial charge in [0.15, 0.2) is 9.84 Å². The lowest BCUT2D eigenvalue weighted by Crippen LogP contribution is -2.54. The number of nitrogens with one attached hydrogen (secondary N) is 3. The molecule has 204 valence electrons. The second-order valence-electron chi connectivity index (χ2n) is 9.82. The van der Waals surface area contributed by atoms with Crippen molar-refractivity contribution >= 4 is 45.0 Å². The number of halogens is 1. The van der Waals surface area contributed by atoms with Crippen molar-refractivity contribution in [3.05, 3.63) is 53.2 Å². The predicted octanol–water partition coefficient (Wildman–Crippen LogP) is 1.94. The van der Waals surface area contributed by atoms with Crippen LogP contribution < -0.4 is 20.9 Å². The fourth-order valence-electron chi connectivity index (χ4n) is 4.85. The number of rotatable bonds is 7. The number of aromatic nitrogens is 1. The van der Waals surface area contributed by atoms with Crippen molar-refractivity contribution in [2.75, 3.05) is 30.8 Å². The number of hydrogen-bond donors (Lipinski definition) is 3. The largest absolute Gasteiger partial charge is 0.355 e. The van der Waals surface area contributed by atoms with Crippen molar-refractivity contribution in [2.24, 2.45) is 5.92 Å². The summed E-state index contributed by atoms with van der Waals surface area (Å²) in [6, 6.07) is 8.82. The number of sulfone groups is 1. The Morgan fingerprint density at radius 2 is 1.97 bits per heavy atom. The maximum Gasteiger partial charge on any atom is 0.251 e. The number of hydrogen-bond acceptors (Lipinski definition) is 7. The maximum absolute atomic E-state index is 13.1. The third kappa shape index (κ3) is 7.22. The molecule has 3 atom stereocenters. The molecule has 1 aromatic heterocycles. The van der Waals surface area contributed by atoms with Crippen LogP contribution in [0, 0.1) is 5.92 Å². The number of piperidine rings is 1. The van der Waals surface area contributed by atoms with Crippen LogP contribution in [0.1, 0.15) is 42.5 Å². The van der Waals surface area contributed by atoms with Crippen LogP contribution in [0.2, 0.25) is 5.02 Å². The first kappa shape index (κ1) is 27.8. The van der Waals surface area contributed by atoms with Crippen LogP contribution in [-0.4, -0.2) is 69.1 Å². The molecule has 0 aliphatic carbocycles. The lowest BCUT2D eigenvalue weighted by molar-refractivity contribution is -0.129. The quantitative estimate of drug-likeness (QED) is 0.469. The monoisotopic (exact) mass is 561 g/mol. The van der Waals surface area contributed by atoms with Crippen molar-refractivity contribution in [3.63, 3.8) is 0 Å². The molecule has 0 saturated carbocycles. The minimum absolute atomic E-state index is 0.126. The number of pyridine rings is 1. The molecule has 38 heavy (non-hydrogen) atoms. The van der Waals surface area contributed by atoms with E-state index in [2.05, 4.69) is 20.9 Å². The van der Waals surface area contributed by atoms with Gasteiger partial charge in [-0.05, 0) is 61.9 Å². The number of carbonyl (C=O) groups excluding carboxylic acids is 3. The SMILES string of the molecule is CS(=O)(=O)c1ccc(N2CCC(CC(=O)NC3CCCCNC3=O)C(NC(=O)c3cccc(Cl)c3)C2)nc1. The number of carbonyl (C=O) groups is 3. The Morgan fingerprint density at radius 3 is 2.68 bits per heavy atom. The summed E-state index contributed by atoms with van der Waals surface area (Å²) in [6.45, 7) is 1.55. The van der Waals surface area contributed by atoms with Gasteiger partial charge in [0.05, 0.1) is 10.9 Å². The van der Waals surface area contributed by atoms with Crippen LogP contribution in [0.3, 0.4) is 0 Å². The molecule has 2 aliphatic heterocycles. The van der Waals surface area contributed by atoms with Crippen molar-refractivity contribution in [2.45, 2.75) is 49.1 Å². The molecule has 2 fully saturated rings. The highest BCUT2D eigenvalue weighted by Crippen LogP contribution is 2.26. The summed E-state index contributed by atoms with van der Waals surface area (Å²) in [6.07, 6.45) is 5.51. The number of amides is 3. The third-order valence-corrected chi connectivity index (χ3v) is 8.28. The number of benzene rings is 1. The van der Waals surface area contributed by atoms with Crippen LogP contribution in [0.15, 0.2) is 47.5 Å². The van der Waals surface area contributed by atoms with Gasteiger partial charge in [-0.1, -0.05) is 17.7 Å². The minimum atomic E-state index is -3.37. The summed E-state index contributed by atoms with van der Waals surface area (Å²) in [5, 5.41) is 9.19. The van der Waals surface area contributed by atoms with E-state index >= 15 is 0 Å². The van der Waals surface area contributed by atoms with E-state index in [1.54, 1.807) is 30.3 Å². The Labute approximate surface area is 227 Å². The van der Waals surface area contributed by atoms with Gasteiger partial charge in [-0.15, -0.1) is 0 Å². The Kier molecular flexibility index (Phi) is 8.88. The second-order valence-corrected chi connectivity index (χ2v) is 12.3. The fraction of sp³-hybridized carbons (Fsp3) is 0.462. The zero-order valence-electron chi connectivity index (χ0n) is 21.2. The summed E-state index contributed by atoms with van der Waals surface area (Å²) in [4.78, 5) is 44.7. The van der Waals surface area contributed by atoms with Gasteiger partial charge in [-0.3, -0.25) is 14.4 Å². The average molecular weight is 562 g/mol. The van der Waals surface area contributed by atoms with Gasteiger partial charge in [-0.25, -0.2) is 13.4 Å². The molecule has 4 rings (SSSR count). The van der Waals surface area contributed by atoms with E-state index < -0.39 is 21.9 Å². The summed E-state index contributed by atoms with van der Waals surface area (Å²) in [5.74, 6) is -0.313. The molecule has 2 aromatic rings.